The van der Waals surface area contributed by atoms with Crippen LogP contribution >= 0.6 is 0 Å². The molecular weight excluding hydrogens is 607 g/mol. The van der Waals surface area contributed by atoms with Crippen molar-refractivity contribution in [2.45, 2.75) is 5.41 Å². The largest absolute Gasteiger partial charge is 0.309 e. The van der Waals surface area contributed by atoms with Crippen LogP contribution in [-0.2, 0) is 5.41 Å². The molecule has 0 amide bonds. The highest BCUT2D eigenvalue weighted by Crippen LogP contribution is 2.61. The second kappa shape index (κ2) is 10.2. The first-order valence-corrected chi connectivity index (χ1v) is 17.2. The highest BCUT2D eigenvalue weighted by atomic mass is 15.0. The molecule has 3 heteroatoms. The van der Waals surface area contributed by atoms with Gasteiger partial charge in [0.2, 0.25) is 0 Å². The van der Waals surface area contributed by atoms with Crippen LogP contribution in [0.2, 0.25) is 0 Å². The number of fused-ring (bicyclic) bond motifs is 12. The van der Waals surface area contributed by atoms with Crippen molar-refractivity contribution in [3.8, 4) is 50.7 Å². The molecule has 50 heavy (non-hydrogen) atoms. The van der Waals surface area contributed by atoms with Crippen LogP contribution in [0.15, 0.2) is 176 Å². The molecule has 3 heterocycles. The fraction of sp³-hybridized carbons (Fsp3) is 0.0213. The Labute approximate surface area is 289 Å². The minimum Gasteiger partial charge on any atom is -0.309 e. The summed E-state index contributed by atoms with van der Waals surface area (Å²) in [5, 5.41) is 2.52. The van der Waals surface area contributed by atoms with Crippen molar-refractivity contribution >= 4 is 21.8 Å². The first-order chi connectivity index (χ1) is 24.8. The van der Waals surface area contributed by atoms with Gasteiger partial charge in [0.25, 0.3) is 0 Å². The molecule has 0 fully saturated rings. The third-order valence-corrected chi connectivity index (χ3v) is 10.8. The molecule has 0 saturated carbocycles. The Bertz CT molecular complexity index is 2710. The quantitative estimate of drug-likeness (QED) is 0.193. The molecular formula is C47H29N3. The van der Waals surface area contributed by atoms with E-state index in [-0.39, 0.29) is 0 Å². The number of hydrogen-bond donors (Lipinski definition) is 0. The zero-order chi connectivity index (χ0) is 32.8. The van der Waals surface area contributed by atoms with Crippen molar-refractivity contribution < 1.29 is 0 Å². The monoisotopic (exact) mass is 635 g/mol. The number of hydrogen-bond acceptors (Lipinski definition) is 2. The first kappa shape index (κ1) is 27.4. The second-order valence-electron chi connectivity index (χ2n) is 13.3. The van der Waals surface area contributed by atoms with E-state index in [2.05, 4.69) is 168 Å². The highest BCUT2D eigenvalue weighted by molar-refractivity contribution is 6.13. The zero-order valence-corrected chi connectivity index (χ0v) is 27.1. The molecule has 0 N–H and O–H groups in total. The summed E-state index contributed by atoms with van der Waals surface area (Å²) in [4.78, 5) is 10.5. The van der Waals surface area contributed by atoms with Crippen molar-refractivity contribution in [1.82, 2.24) is 14.5 Å². The van der Waals surface area contributed by atoms with E-state index in [1.807, 2.05) is 12.1 Å². The van der Waals surface area contributed by atoms with Gasteiger partial charge in [0.05, 0.1) is 33.5 Å². The fourth-order valence-electron chi connectivity index (χ4n) is 8.79. The van der Waals surface area contributed by atoms with E-state index in [4.69, 9.17) is 9.97 Å². The number of aromatic nitrogens is 3. The maximum absolute atomic E-state index is 5.23. The molecule has 2 aliphatic rings. The van der Waals surface area contributed by atoms with Gasteiger partial charge in [-0.15, -0.1) is 0 Å². The number of benzene rings is 7. The molecule has 0 radical (unpaired) electrons. The smallest absolute Gasteiger partial charge is 0.160 e. The topological polar surface area (TPSA) is 30.7 Å². The van der Waals surface area contributed by atoms with Crippen LogP contribution in [0.5, 0.6) is 0 Å². The van der Waals surface area contributed by atoms with Gasteiger partial charge in [0.1, 0.15) is 0 Å². The first-order valence-electron chi connectivity index (χ1n) is 17.2. The summed E-state index contributed by atoms with van der Waals surface area (Å²) in [5.74, 6) is 0.709. The molecule has 0 saturated heterocycles. The Morgan fingerprint density at radius 1 is 0.400 bits per heavy atom. The predicted octanol–water partition coefficient (Wildman–Crippen LogP) is 11.3. The minimum absolute atomic E-state index is 0.479. The summed E-state index contributed by atoms with van der Waals surface area (Å²) in [6.07, 6.45) is 0. The van der Waals surface area contributed by atoms with Gasteiger partial charge >= 0.3 is 0 Å². The van der Waals surface area contributed by atoms with Crippen LogP contribution in [0.25, 0.3) is 72.5 Å². The van der Waals surface area contributed by atoms with Gasteiger partial charge < -0.3 is 4.57 Å². The molecule has 3 nitrogen and oxygen atoms in total. The van der Waals surface area contributed by atoms with Crippen LogP contribution in [-0.4, -0.2) is 14.5 Å². The summed E-state index contributed by atoms with van der Waals surface area (Å²) < 4.78 is 2.49. The van der Waals surface area contributed by atoms with E-state index in [9.17, 15) is 0 Å². The third kappa shape index (κ3) is 3.58. The summed E-state index contributed by atoms with van der Waals surface area (Å²) in [6, 6.07) is 63.5. The molecule has 232 valence electrons. The third-order valence-electron chi connectivity index (χ3n) is 10.8. The SMILES string of the molecule is c1ccc(-c2cc(-c3ccccc3)nc(-c3ccc4c(c3)-n3c5ccccc5c5cccc(c53)C43c4ccccc4-c4ccccc43)n2)cc1. The Kier molecular flexibility index (Phi) is 5.59. The molecule has 0 bridgehead atoms. The van der Waals surface area contributed by atoms with Gasteiger partial charge in [-0.25, -0.2) is 9.97 Å². The summed E-state index contributed by atoms with van der Waals surface area (Å²) >= 11 is 0. The standard InChI is InChI=1S/C47H29N3/c1-3-14-30(15-4-1)41-29-42(31-16-5-2-6-17-31)49-46(48-41)32-26-27-39-44(28-32)50-43-25-12-9-20-35(43)36-21-13-24-40(45(36)50)47(39)37-22-10-7-18-33(37)34-19-8-11-23-38(34)47/h1-29H. The molecule has 1 spiro atoms. The molecule has 0 atom stereocenters. The number of nitrogens with zero attached hydrogens (tertiary/aromatic N) is 3. The van der Waals surface area contributed by atoms with Gasteiger partial charge in [-0.3, -0.25) is 0 Å². The van der Waals surface area contributed by atoms with Crippen LogP contribution in [0.3, 0.4) is 0 Å². The normalized spacial score (nSPS) is 13.4. The Morgan fingerprint density at radius 2 is 0.960 bits per heavy atom. The van der Waals surface area contributed by atoms with Gasteiger partial charge in [-0.05, 0) is 51.6 Å². The summed E-state index contributed by atoms with van der Waals surface area (Å²) in [6.45, 7) is 0. The van der Waals surface area contributed by atoms with Gasteiger partial charge in [-0.1, -0.05) is 158 Å². The lowest BCUT2D eigenvalue weighted by molar-refractivity contribution is 0.748. The van der Waals surface area contributed by atoms with Crippen molar-refractivity contribution in [3.05, 3.63) is 198 Å². The summed E-state index contributed by atoms with van der Waals surface area (Å²) in [7, 11) is 0. The van der Waals surface area contributed by atoms with E-state index < -0.39 is 5.41 Å². The molecule has 7 aromatic carbocycles. The van der Waals surface area contributed by atoms with Crippen molar-refractivity contribution in [2.75, 3.05) is 0 Å². The Hall–Kier alpha value is -6.58. The van der Waals surface area contributed by atoms with Crippen LogP contribution in [0.4, 0.5) is 0 Å². The van der Waals surface area contributed by atoms with Crippen molar-refractivity contribution in [2.24, 2.45) is 0 Å². The molecule has 9 aromatic rings. The Balaban J connectivity index is 1.26. The highest BCUT2D eigenvalue weighted by Gasteiger charge is 2.50. The lowest BCUT2D eigenvalue weighted by atomic mass is 9.65. The molecule has 0 unspecified atom stereocenters. The van der Waals surface area contributed by atoms with E-state index in [0.717, 1.165) is 33.8 Å². The van der Waals surface area contributed by atoms with E-state index in [1.54, 1.807) is 0 Å². The van der Waals surface area contributed by atoms with Crippen LogP contribution < -0.4 is 0 Å². The van der Waals surface area contributed by atoms with Crippen LogP contribution in [0, 0.1) is 0 Å². The van der Waals surface area contributed by atoms with Crippen molar-refractivity contribution in [1.29, 1.82) is 0 Å². The van der Waals surface area contributed by atoms with E-state index in [0.29, 0.717) is 5.82 Å². The van der Waals surface area contributed by atoms with Crippen molar-refractivity contribution in [3.63, 3.8) is 0 Å². The number of para-hydroxylation sites is 2. The average molecular weight is 636 g/mol. The van der Waals surface area contributed by atoms with Gasteiger partial charge in [-0.2, -0.15) is 0 Å². The predicted molar refractivity (Wildman–Crippen MR) is 204 cm³/mol. The average Bonchev–Trinajstić information content (AvgIpc) is 3.69. The molecule has 1 aliphatic heterocycles. The Morgan fingerprint density at radius 3 is 1.64 bits per heavy atom. The molecule has 2 aromatic heterocycles. The maximum Gasteiger partial charge on any atom is 0.160 e. The van der Waals surface area contributed by atoms with Gasteiger partial charge in [0, 0.05) is 27.5 Å². The van der Waals surface area contributed by atoms with E-state index in [1.165, 1.54) is 55.2 Å². The molecule has 11 rings (SSSR count). The zero-order valence-electron chi connectivity index (χ0n) is 27.1. The second-order valence-corrected chi connectivity index (χ2v) is 13.3. The molecule has 1 aliphatic carbocycles. The lowest BCUT2D eigenvalue weighted by Crippen LogP contribution is -2.33. The number of rotatable bonds is 3. The minimum atomic E-state index is -0.479. The lowest BCUT2D eigenvalue weighted by Gasteiger charge is -2.39. The maximum atomic E-state index is 5.23. The summed E-state index contributed by atoms with van der Waals surface area (Å²) in [5.41, 5.74) is 15.9. The van der Waals surface area contributed by atoms with Crippen LogP contribution in [0.1, 0.15) is 22.3 Å². The van der Waals surface area contributed by atoms with Gasteiger partial charge in [0.15, 0.2) is 5.82 Å². The van der Waals surface area contributed by atoms with E-state index >= 15 is 0 Å². The fourth-order valence-corrected chi connectivity index (χ4v) is 8.79.